The van der Waals surface area contributed by atoms with Gasteiger partial charge in [-0.3, -0.25) is 14.5 Å². The first-order valence-electron chi connectivity index (χ1n) is 6.66. The molecule has 2 unspecified atom stereocenters. The molecule has 96 valence electrons. The smallest absolute Gasteiger partial charge is 0.222 e. The molecule has 0 aromatic carbocycles. The van der Waals surface area contributed by atoms with E-state index in [4.69, 9.17) is 0 Å². The Hall–Kier alpha value is -0.900. The highest BCUT2D eigenvalue weighted by Crippen LogP contribution is 2.22. The number of hydrogen-bond donors (Lipinski definition) is 0. The zero-order chi connectivity index (χ0) is 12.4. The molecule has 2 fully saturated rings. The molecule has 1 amide bonds. The summed E-state index contributed by atoms with van der Waals surface area (Å²) < 4.78 is 0. The SMILES string of the molecule is CCC(C)C(=O)CN1CCN2C(=O)CCC2C1. The Morgan fingerprint density at radius 2 is 2.24 bits per heavy atom. The molecule has 0 bridgehead atoms. The fourth-order valence-corrected chi connectivity index (χ4v) is 2.68. The van der Waals surface area contributed by atoms with Gasteiger partial charge in [0.25, 0.3) is 0 Å². The van der Waals surface area contributed by atoms with E-state index in [9.17, 15) is 9.59 Å². The largest absolute Gasteiger partial charge is 0.337 e. The molecule has 0 saturated carbocycles. The first kappa shape index (κ1) is 12.6. The van der Waals surface area contributed by atoms with Crippen LogP contribution >= 0.6 is 0 Å². The van der Waals surface area contributed by atoms with Crippen molar-refractivity contribution in [2.75, 3.05) is 26.2 Å². The van der Waals surface area contributed by atoms with Crippen molar-refractivity contribution >= 4 is 11.7 Å². The second kappa shape index (κ2) is 5.17. The fourth-order valence-electron chi connectivity index (χ4n) is 2.68. The van der Waals surface area contributed by atoms with Gasteiger partial charge in [-0.15, -0.1) is 0 Å². The summed E-state index contributed by atoms with van der Waals surface area (Å²) in [5.41, 5.74) is 0. The van der Waals surface area contributed by atoms with Crippen molar-refractivity contribution in [2.24, 2.45) is 5.92 Å². The third-order valence-electron chi connectivity index (χ3n) is 4.12. The van der Waals surface area contributed by atoms with Crippen LogP contribution in [0.3, 0.4) is 0 Å². The number of amides is 1. The molecule has 2 aliphatic heterocycles. The minimum atomic E-state index is 0.165. The molecule has 2 heterocycles. The zero-order valence-corrected chi connectivity index (χ0v) is 10.8. The van der Waals surface area contributed by atoms with Crippen LogP contribution in [0.5, 0.6) is 0 Å². The Labute approximate surface area is 103 Å². The lowest BCUT2D eigenvalue weighted by Gasteiger charge is -2.37. The summed E-state index contributed by atoms with van der Waals surface area (Å²) in [4.78, 5) is 27.6. The van der Waals surface area contributed by atoms with Crippen LogP contribution in [0.4, 0.5) is 0 Å². The molecule has 2 rings (SSSR count). The summed E-state index contributed by atoms with van der Waals surface area (Å²) in [5.74, 6) is 0.798. The van der Waals surface area contributed by atoms with Gasteiger partial charge in [-0.1, -0.05) is 13.8 Å². The minimum Gasteiger partial charge on any atom is -0.337 e. The molecule has 4 nitrogen and oxygen atoms in total. The minimum absolute atomic E-state index is 0.165. The Bertz CT molecular complexity index is 317. The second-order valence-electron chi connectivity index (χ2n) is 5.29. The summed E-state index contributed by atoms with van der Waals surface area (Å²) in [6.07, 6.45) is 2.57. The van der Waals surface area contributed by atoms with Gasteiger partial charge in [0.15, 0.2) is 0 Å². The summed E-state index contributed by atoms with van der Waals surface area (Å²) in [5, 5.41) is 0. The number of carbonyl (C=O) groups excluding carboxylic acids is 2. The van der Waals surface area contributed by atoms with Crippen molar-refractivity contribution in [3.8, 4) is 0 Å². The Balaban J connectivity index is 1.85. The van der Waals surface area contributed by atoms with Crippen molar-refractivity contribution in [1.82, 2.24) is 9.80 Å². The van der Waals surface area contributed by atoms with Gasteiger partial charge in [-0.25, -0.2) is 0 Å². The van der Waals surface area contributed by atoms with Gasteiger partial charge in [-0.05, 0) is 12.8 Å². The van der Waals surface area contributed by atoms with E-state index in [1.807, 2.05) is 11.8 Å². The third-order valence-corrected chi connectivity index (χ3v) is 4.12. The highest BCUT2D eigenvalue weighted by Gasteiger charge is 2.35. The van der Waals surface area contributed by atoms with E-state index in [-0.39, 0.29) is 5.92 Å². The van der Waals surface area contributed by atoms with E-state index in [0.717, 1.165) is 32.5 Å². The first-order chi connectivity index (χ1) is 8.11. The number of piperazine rings is 1. The van der Waals surface area contributed by atoms with Crippen LogP contribution in [0.15, 0.2) is 0 Å². The molecule has 2 atom stereocenters. The summed E-state index contributed by atoms with van der Waals surface area (Å²) in [7, 11) is 0. The van der Waals surface area contributed by atoms with Gasteiger partial charge < -0.3 is 4.90 Å². The van der Waals surface area contributed by atoms with Crippen molar-refractivity contribution < 1.29 is 9.59 Å². The lowest BCUT2D eigenvalue weighted by molar-refractivity contribution is -0.131. The van der Waals surface area contributed by atoms with Crippen molar-refractivity contribution in [1.29, 1.82) is 0 Å². The molecular weight excluding hydrogens is 216 g/mol. The van der Waals surface area contributed by atoms with Crippen LogP contribution in [0.2, 0.25) is 0 Å². The van der Waals surface area contributed by atoms with Gasteiger partial charge in [0.05, 0.1) is 6.54 Å². The van der Waals surface area contributed by atoms with E-state index < -0.39 is 0 Å². The van der Waals surface area contributed by atoms with Crippen LogP contribution in [0.1, 0.15) is 33.1 Å². The molecular formula is C13H22N2O2. The van der Waals surface area contributed by atoms with E-state index in [1.54, 1.807) is 0 Å². The Kier molecular flexibility index (Phi) is 3.82. The standard InChI is InChI=1S/C13H22N2O2/c1-3-10(2)12(16)9-14-6-7-15-11(8-14)4-5-13(15)17/h10-11H,3-9H2,1-2H3. The lowest BCUT2D eigenvalue weighted by Crippen LogP contribution is -2.52. The Morgan fingerprint density at radius 3 is 2.94 bits per heavy atom. The maximum Gasteiger partial charge on any atom is 0.222 e. The molecule has 4 heteroatoms. The van der Waals surface area contributed by atoms with Crippen LogP contribution in [0, 0.1) is 5.92 Å². The van der Waals surface area contributed by atoms with E-state index in [1.165, 1.54) is 0 Å². The average Bonchev–Trinajstić information content (AvgIpc) is 2.69. The number of rotatable bonds is 4. The predicted molar refractivity (Wildman–Crippen MR) is 65.6 cm³/mol. The monoisotopic (exact) mass is 238 g/mol. The molecule has 0 spiro atoms. The van der Waals surface area contributed by atoms with Crippen LogP contribution in [0.25, 0.3) is 0 Å². The van der Waals surface area contributed by atoms with Crippen molar-refractivity contribution in [3.63, 3.8) is 0 Å². The van der Waals surface area contributed by atoms with Crippen molar-refractivity contribution in [3.05, 3.63) is 0 Å². The van der Waals surface area contributed by atoms with Gasteiger partial charge >= 0.3 is 0 Å². The van der Waals surface area contributed by atoms with Gasteiger partial charge in [0.2, 0.25) is 5.91 Å². The van der Waals surface area contributed by atoms with Crippen LogP contribution in [-0.2, 0) is 9.59 Å². The van der Waals surface area contributed by atoms with E-state index >= 15 is 0 Å². The lowest BCUT2D eigenvalue weighted by atomic mass is 10.0. The summed E-state index contributed by atoms with van der Waals surface area (Å²) in [6.45, 7) is 7.15. The maximum absolute atomic E-state index is 11.9. The first-order valence-corrected chi connectivity index (χ1v) is 6.66. The predicted octanol–water partition coefficient (Wildman–Crippen LogP) is 0.908. The summed E-state index contributed by atoms with van der Waals surface area (Å²) >= 11 is 0. The fraction of sp³-hybridized carbons (Fsp3) is 0.846. The molecule has 0 radical (unpaired) electrons. The second-order valence-corrected chi connectivity index (χ2v) is 5.29. The molecule has 2 saturated heterocycles. The van der Waals surface area contributed by atoms with Gasteiger partial charge in [-0.2, -0.15) is 0 Å². The van der Waals surface area contributed by atoms with Gasteiger partial charge in [0.1, 0.15) is 5.78 Å². The van der Waals surface area contributed by atoms with Crippen LogP contribution in [-0.4, -0.2) is 53.7 Å². The number of ketones is 1. The number of Topliss-reactive ketones (excluding diaryl/α,β-unsaturated/α-hetero) is 1. The maximum atomic E-state index is 11.9. The van der Waals surface area contributed by atoms with Crippen LogP contribution < -0.4 is 0 Å². The molecule has 0 aliphatic carbocycles. The molecule has 17 heavy (non-hydrogen) atoms. The van der Waals surface area contributed by atoms with Crippen molar-refractivity contribution in [2.45, 2.75) is 39.2 Å². The summed E-state index contributed by atoms with van der Waals surface area (Å²) in [6, 6.07) is 0.362. The quantitative estimate of drug-likeness (QED) is 0.731. The molecule has 0 aromatic heterocycles. The normalized spacial score (nSPS) is 27.1. The molecule has 0 N–H and O–H groups in total. The molecule has 2 aliphatic rings. The highest BCUT2D eigenvalue weighted by molar-refractivity contribution is 5.82. The highest BCUT2D eigenvalue weighted by atomic mass is 16.2. The number of fused-ring (bicyclic) bond motifs is 1. The number of carbonyl (C=O) groups is 2. The number of hydrogen-bond acceptors (Lipinski definition) is 3. The topological polar surface area (TPSA) is 40.6 Å². The van der Waals surface area contributed by atoms with Gasteiger partial charge in [0, 0.05) is 38.0 Å². The third kappa shape index (κ3) is 2.68. The Morgan fingerprint density at radius 1 is 1.47 bits per heavy atom. The van der Waals surface area contributed by atoms with E-state index in [0.29, 0.717) is 30.7 Å². The average molecular weight is 238 g/mol. The number of nitrogens with zero attached hydrogens (tertiary/aromatic N) is 2. The van der Waals surface area contributed by atoms with E-state index in [2.05, 4.69) is 11.8 Å². The molecule has 0 aromatic rings. The zero-order valence-electron chi connectivity index (χ0n) is 10.8.